The maximum absolute atomic E-state index is 9.27. The van der Waals surface area contributed by atoms with Crippen LogP contribution < -0.4 is 11.1 Å². The van der Waals surface area contributed by atoms with Gasteiger partial charge in [0, 0.05) is 19.7 Å². The average Bonchev–Trinajstić information content (AvgIpc) is 2.34. The van der Waals surface area contributed by atoms with Crippen molar-refractivity contribution in [1.82, 2.24) is 5.32 Å². The first-order valence-corrected chi connectivity index (χ1v) is 6.42. The Bertz CT molecular complexity index is 218. The number of hydrogen-bond donors (Lipinski definition) is 3. The Morgan fingerprint density at radius 2 is 2.06 bits per heavy atom. The second kappa shape index (κ2) is 7.49. The monoisotopic (exact) mass is 227 g/mol. The van der Waals surface area contributed by atoms with Gasteiger partial charge in [-0.3, -0.25) is 4.99 Å². The third-order valence-electron chi connectivity index (χ3n) is 3.35. The molecule has 1 saturated carbocycles. The molecule has 4 N–H and O–H groups in total. The summed E-state index contributed by atoms with van der Waals surface area (Å²) in [5.41, 5.74) is 5.74. The molecule has 0 spiro atoms. The van der Waals surface area contributed by atoms with Crippen LogP contribution in [0.4, 0.5) is 0 Å². The molecule has 1 rings (SSSR count). The first-order chi connectivity index (χ1) is 7.77. The SMILES string of the molecule is CCCNC(N)=NCC1CCCCC1CO. The lowest BCUT2D eigenvalue weighted by Gasteiger charge is -2.28. The number of nitrogens with zero attached hydrogens (tertiary/aromatic N) is 1. The van der Waals surface area contributed by atoms with Gasteiger partial charge in [0.25, 0.3) is 0 Å². The molecule has 1 fully saturated rings. The third-order valence-corrected chi connectivity index (χ3v) is 3.35. The summed E-state index contributed by atoms with van der Waals surface area (Å²) in [5, 5.41) is 12.3. The van der Waals surface area contributed by atoms with Crippen LogP contribution in [0.5, 0.6) is 0 Å². The van der Waals surface area contributed by atoms with E-state index < -0.39 is 0 Å². The van der Waals surface area contributed by atoms with E-state index in [1.165, 1.54) is 19.3 Å². The molecule has 0 saturated heterocycles. The zero-order chi connectivity index (χ0) is 11.8. The minimum Gasteiger partial charge on any atom is -0.396 e. The summed E-state index contributed by atoms with van der Waals surface area (Å²) in [5.74, 6) is 1.49. The molecule has 94 valence electrons. The lowest BCUT2D eigenvalue weighted by Crippen LogP contribution is -2.33. The highest BCUT2D eigenvalue weighted by molar-refractivity contribution is 5.77. The summed E-state index contributed by atoms with van der Waals surface area (Å²) in [6.45, 7) is 4.03. The number of hydrogen-bond acceptors (Lipinski definition) is 2. The van der Waals surface area contributed by atoms with Crippen molar-refractivity contribution in [2.45, 2.75) is 39.0 Å². The van der Waals surface area contributed by atoms with Crippen LogP contribution in [0.15, 0.2) is 4.99 Å². The molecule has 2 unspecified atom stereocenters. The van der Waals surface area contributed by atoms with Gasteiger partial charge in [-0.15, -0.1) is 0 Å². The minimum absolute atomic E-state index is 0.294. The van der Waals surface area contributed by atoms with Crippen LogP contribution >= 0.6 is 0 Å². The van der Waals surface area contributed by atoms with Gasteiger partial charge in [-0.25, -0.2) is 0 Å². The fraction of sp³-hybridized carbons (Fsp3) is 0.917. The highest BCUT2D eigenvalue weighted by Crippen LogP contribution is 2.29. The number of aliphatic hydroxyl groups excluding tert-OH is 1. The predicted molar refractivity (Wildman–Crippen MR) is 67.3 cm³/mol. The van der Waals surface area contributed by atoms with Gasteiger partial charge in [0.05, 0.1) is 0 Å². The highest BCUT2D eigenvalue weighted by Gasteiger charge is 2.23. The Balaban J connectivity index is 2.33. The molecule has 0 heterocycles. The van der Waals surface area contributed by atoms with Crippen LogP contribution in [0, 0.1) is 11.8 Å². The third kappa shape index (κ3) is 4.39. The molecule has 0 amide bonds. The molecule has 4 heteroatoms. The number of aliphatic hydroxyl groups is 1. The lowest BCUT2D eigenvalue weighted by molar-refractivity contribution is 0.139. The number of guanidine groups is 1. The molecule has 1 aliphatic rings. The Hall–Kier alpha value is -0.770. The Morgan fingerprint density at radius 1 is 1.38 bits per heavy atom. The first-order valence-electron chi connectivity index (χ1n) is 6.42. The number of nitrogens with one attached hydrogen (secondary N) is 1. The zero-order valence-electron chi connectivity index (χ0n) is 10.3. The average molecular weight is 227 g/mol. The second-order valence-electron chi connectivity index (χ2n) is 4.64. The smallest absolute Gasteiger partial charge is 0.188 e. The summed E-state index contributed by atoms with van der Waals surface area (Å²) in [6, 6.07) is 0. The number of aliphatic imine (C=N–C) groups is 1. The van der Waals surface area contributed by atoms with E-state index in [-0.39, 0.29) is 0 Å². The Morgan fingerprint density at radius 3 is 2.69 bits per heavy atom. The number of nitrogens with two attached hydrogens (primary N) is 1. The summed E-state index contributed by atoms with van der Waals surface area (Å²) >= 11 is 0. The summed E-state index contributed by atoms with van der Waals surface area (Å²) in [6.07, 6.45) is 5.88. The normalized spacial score (nSPS) is 26.8. The maximum atomic E-state index is 9.27. The first kappa shape index (κ1) is 13.3. The van der Waals surface area contributed by atoms with Gasteiger partial charge in [-0.2, -0.15) is 0 Å². The van der Waals surface area contributed by atoms with E-state index in [1.807, 2.05) is 0 Å². The van der Waals surface area contributed by atoms with Gasteiger partial charge in [0.1, 0.15) is 0 Å². The molecule has 2 atom stereocenters. The quantitative estimate of drug-likeness (QED) is 0.486. The molecule has 1 aliphatic carbocycles. The molecule has 0 bridgehead atoms. The molecular weight excluding hydrogens is 202 g/mol. The van der Waals surface area contributed by atoms with Gasteiger partial charge >= 0.3 is 0 Å². The molecule has 16 heavy (non-hydrogen) atoms. The van der Waals surface area contributed by atoms with E-state index in [0.717, 1.165) is 25.9 Å². The van der Waals surface area contributed by atoms with Gasteiger partial charge in [-0.05, 0) is 31.1 Å². The molecule has 4 nitrogen and oxygen atoms in total. The van der Waals surface area contributed by atoms with E-state index in [9.17, 15) is 5.11 Å². The van der Waals surface area contributed by atoms with E-state index in [4.69, 9.17) is 5.73 Å². The van der Waals surface area contributed by atoms with Crippen molar-refractivity contribution in [1.29, 1.82) is 0 Å². The van der Waals surface area contributed by atoms with Crippen LogP contribution in [0.1, 0.15) is 39.0 Å². The van der Waals surface area contributed by atoms with E-state index in [1.54, 1.807) is 0 Å². The van der Waals surface area contributed by atoms with E-state index in [2.05, 4.69) is 17.2 Å². The summed E-state index contributed by atoms with van der Waals surface area (Å²) in [7, 11) is 0. The van der Waals surface area contributed by atoms with Crippen LogP contribution in [-0.4, -0.2) is 30.8 Å². The van der Waals surface area contributed by atoms with Gasteiger partial charge < -0.3 is 16.2 Å². The van der Waals surface area contributed by atoms with Gasteiger partial charge in [-0.1, -0.05) is 19.8 Å². The topological polar surface area (TPSA) is 70.6 Å². The van der Waals surface area contributed by atoms with Crippen molar-refractivity contribution >= 4 is 5.96 Å². The Labute approximate surface area is 98.3 Å². The van der Waals surface area contributed by atoms with Gasteiger partial charge in [0.2, 0.25) is 0 Å². The molecular formula is C12H25N3O. The predicted octanol–water partition coefficient (Wildman–Crippen LogP) is 1.10. The van der Waals surface area contributed by atoms with Crippen molar-refractivity contribution in [2.24, 2.45) is 22.6 Å². The molecule has 0 aliphatic heterocycles. The second-order valence-corrected chi connectivity index (χ2v) is 4.64. The van der Waals surface area contributed by atoms with Gasteiger partial charge in [0.15, 0.2) is 5.96 Å². The molecule has 0 aromatic carbocycles. The fourth-order valence-electron chi connectivity index (χ4n) is 2.29. The molecule has 0 aromatic rings. The van der Waals surface area contributed by atoms with E-state index in [0.29, 0.717) is 24.4 Å². The van der Waals surface area contributed by atoms with Crippen molar-refractivity contribution < 1.29 is 5.11 Å². The van der Waals surface area contributed by atoms with Crippen LogP contribution in [0.3, 0.4) is 0 Å². The number of rotatable bonds is 5. The summed E-state index contributed by atoms with van der Waals surface area (Å²) < 4.78 is 0. The molecule has 0 radical (unpaired) electrons. The van der Waals surface area contributed by atoms with Crippen molar-refractivity contribution in [3.63, 3.8) is 0 Å². The lowest BCUT2D eigenvalue weighted by atomic mass is 9.80. The highest BCUT2D eigenvalue weighted by atomic mass is 16.3. The zero-order valence-corrected chi connectivity index (χ0v) is 10.3. The fourth-order valence-corrected chi connectivity index (χ4v) is 2.29. The Kier molecular flexibility index (Phi) is 6.23. The van der Waals surface area contributed by atoms with Crippen LogP contribution in [-0.2, 0) is 0 Å². The largest absolute Gasteiger partial charge is 0.396 e. The summed E-state index contributed by atoms with van der Waals surface area (Å²) in [4.78, 5) is 4.36. The van der Waals surface area contributed by atoms with Crippen LogP contribution in [0.25, 0.3) is 0 Å². The minimum atomic E-state index is 0.294. The molecule has 0 aromatic heterocycles. The van der Waals surface area contributed by atoms with Crippen molar-refractivity contribution in [3.05, 3.63) is 0 Å². The van der Waals surface area contributed by atoms with Crippen LogP contribution in [0.2, 0.25) is 0 Å². The van der Waals surface area contributed by atoms with Crippen molar-refractivity contribution in [2.75, 3.05) is 19.7 Å². The standard InChI is InChI=1S/C12H25N3O/c1-2-7-14-12(13)15-8-10-5-3-4-6-11(10)9-16/h10-11,16H,2-9H2,1H3,(H3,13,14,15). The van der Waals surface area contributed by atoms with Crippen molar-refractivity contribution in [3.8, 4) is 0 Å². The van der Waals surface area contributed by atoms with E-state index >= 15 is 0 Å². The maximum Gasteiger partial charge on any atom is 0.188 e.